The van der Waals surface area contributed by atoms with Crippen molar-refractivity contribution in [3.05, 3.63) is 0 Å². The molecule has 0 spiro atoms. The zero-order valence-electron chi connectivity index (χ0n) is 15.4. The van der Waals surface area contributed by atoms with E-state index in [0.29, 0.717) is 5.54 Å². The van der Waals surface area contributed by atoms with Crippen LogP contribution < -0.4 is 0 Å². The van der Waals surface area contributed by atoms with Crippen molar-refractivity contribution in [2.45, 2.75) is 83.6 Å². The van der Waals surface area contributed by atoms with Crippen molar-refractivity contribution in [2.24, 2.45) is 17.8 Å². The SMILES string of the molecule is CCCCOCN(COCCCC)C12CC3CC(CC(C3)C1)C2. The van der Waals surface area contributed by atoms with Gasteiger partial charge in [0.2, 0.25) is 0 Å². The van der Waals surface area contributed by atoms with Crippen LogP contribution >= 0.6 is 0 Å². The van der Waals surface area contributed by atoms with Gasteiger partial charge in [0, 0.05) is 18.8 Å². The molecule has 3 nitrogen and oxygen atoms in total. The molecule has 0 aromatic rings. The van der Waals surface area contributed by atoms with E-state index in [4.69, 9.17) is 9.47 Å². The summed E-state index contributed by atoms with van der Waals surface area (Å²) in [5, 5.41) is 0. The Morgan fingerprint density at radius 2 is 1.22 bits per heavy atom. The molecule has 4 bridgehead atoms. The van der Waals surface area contributed by atoms with Crippen LogP contribution in [0, 0.1) is 17.8 Å². The molecule has 0 unspecified atom stereocenters. The van der Waals surface area contributed by atoms with Gasteiger partial charge in [0.25, 0.3) is 0 Å². The van der Waals surface area contributed by atoms with Crippen molar-refractivity contribution in [1.29, 1.82) is 0 Å². The Hall–Kier alpha value is -0.120. The number of unbranched alkanes of at least 4 members (excludes halogenated alkanes) is 2. The minimum atomic E-state index is 0.396. The lowest BCUT2D eigenvalue weighted by atomic mass is 9.52. The molecule has 3 heteroatoms. The molecule has 0 N–H and O–H groups in total. The zero-order valence-corrected chi connectivity index (χ0v) is 15.4. The molecule has 0 atom stereocenters. The number of rotatable bonds is 11. The number of ether oxygens (including phenoxy) is 2. The van der Waals surface area contributed by atoms with Gasteiger partial charge in [-0.25, -0.2) is 0 Å². The standard InChI is InChI=1S/C20H37NO2/c1-3-5-7-22-15-21(16-23-8-6-4-2)20-12-17-9-18(13-20)11-19(10-17)14-20/h17-19H,3-16H2,1-2H3. The van der Waals surface area contributed by atoms with Crippen molar-refractivity contribution >= 4 is 0 Å². The highest BCUT2D eigenvalue weighted by molar-refractivity contribution is 5.06. The molecule has 0 aromatic carbocycles. The Morgan fingerprint density at radius 3 is 1.61 bits per heavy atom. The summed E-state index contributed by atoms with van der Waals surface area (Å²) in [4.78, 5) is 2.59. The summed E-state index contributed by atoms with van der Waals surface area (Å²) in [5.74, 6) is 2.94. The summed E-state index contributed by atoms with van der Waals surface area (Å²) < 4.78 is 12.1. The lowest BCUT2D eigenvalue weighted by molar-refractivity contribution is -0.161. The molecule has 23 heavy (non-hydrogen) atoms. The van der Waals surface area contributed by atoms with Crippen molar-refractivity contribution in [1.82, 2.24) is 4.90 Å². The van der Waals surface area contributed by atoms with Gasteiger partial charge < -0.3 is 9.47 Å². The molecule has 0 saturated heterocycles. The lowest BCUT2D eigenvalue weighted by Gasteiger charge is -2.60. The third-order valence-electron chi connectivity index (χ3n) is 6.46. The Labute approximate surface area is 143 Å². The van der Waals surface area contributed by atoms with Crippen LogP contribution in [0.3, 0.4) is 0 Å². The highest BCUT2D eigenvalue weighted by Crippen LogP contribution is 2.57. The topological polar surface area (TPSA) is 21.7 Å². The summed E-state index contributed by atoms with van der Waals surface area (Å²) in [6.45, 7) is 7.81. The zero-order chi connectivity index (χ0) is 16.1. The molecule has 0 amide bonds. The van der Waals surface area contributed by atoms with E-state index in [1.807, 2.05) is 0 Å². The monoisotopic (exact) mass is 323 g/mol. The first-order valence-corrected chi connectivity index (χ1v) is 10.2. The summed E-state index contributed by atoms with van der Waals surface area (Å²) in [6.07, 6.45) is 13.5. The molecule has 0 aromatic heterocycles. The quantitative estimate of drug-likeness (QED) is 0.402. The van der Waals surface area contributed by atoms with Gasteiger partial charge in [-0.05, 0) is 69.1 Å². The second-order valence-electron chi connectivity index (χ2n) is 8.46. The molecular weight excluding hydrogens is 286 g/mol. The molecule has 4 saturated carbocycles. The van der Waals surface area contributed by atoms with Gasteiger partial charge >= 0.3 is 0 Å². The van der Waals surface area contributed by atoms with E-state index in [-0.39, 0.29) is 0 Å². The Morgan fingerprint density at radius 1 is 0.783 bits per heavy atom. The van der Waals surface area contributed by atoms with Crippen LogP contribution in [0.1, 0.15) is 78.1 Å². The molecule has 0 heterocycles. The predicted octanol–water partition coefficient (Wildman–Crippen LogP) is 4.81. The number of hydrogen-bond donors (Lipinski definition) is 0. The fourth-order valence-electron chi connectivity index (χ4n) is 5.61. The fourth-order valence-corrected chi connectivity index (χ4v) is 5.61. The van der Waals surface area contributed by atoms with Crippen LogP contribution in [0.5, 0.6) is 0 Å². The first kappa shape index (κ1) is 17.7. The first-order valence-electron chi connectivity index (χ1n) is 10.2. The summed E-state index contributed by atoms with van der Waals surface area (Å²) in [6, 6.07) is 0. The molecule has 0 radical (unpaired) electrons. The second kappa shape index (κ2) is 8.31. The maximum absolute atomic E-state index is 6.03. The van der Waals surface area contributed by atoms with Gasteiger partial charge in [-0.15, -0.1) is 0 Å². The Bertz CT molecular complexity index is 310. The van der Waals surface area contributed by atoms with E-state index < -0.39 is 0 Å². The highest BCUT2D eigenvalue weighted by Gasteiger charge is 2.53. The minimum Gasteiger partial charge on any atom is -0.366 e. The fraction of sp³-hybridized carbons (Fsp3) is 1.00. The number of nitrogens with zero attached hydrogens (tertiary/aromatic N) is 1. The van der Waals surface area contributed by atoms with Crippen LogP contribution in [0.4, 0.5) is 0 Å². The van der Waals surface area contributed by atoms with Gasteiger partial charge in [-0.3, -0.25) is 4.90 Å². The first-order chi connectivity index (χ1) is 11.3. The van der Waals surface area contributed by atoms with Crippen LogP contribution in [0.15, 0.2) is 0 Å². The number of hydrogen-bond acceptors (Lipinski definition) is 3. The lowest BCUT2D eigenvalue weighted by Crippen LogP contribution is -2.60. The van der Waals surface area contributed by atoms with E-state index in [9.17, 15) is 0 Å². The van der Waals surface area contributed by atoms with Crippen molar-refractivity contribution in [3.63, 3.8) is 0 Å². The minimum absolute atomic E-state index is 0.396. The van der Waals surface area contributed by atoms with Crippen LogP contribution in [0.2, 0.25) is 0 Å². The summed E-state index contributed by atoms with van der Waals surface area (Å²) in [7, 11) is 0. The highest BCUT2D eigenvalue weighted by atomic mass is 16.5. The molecule has 0 aliphatic heterocycles. The second-order valence-corrected chi connectivity index (χ2v) is 8.46. The maximum atomic E-state index is 6.03. The Balaban J connectivity index is 1.59. The van der Waals surface area contributed by atoms with Gasteiger partial charge in [-0.2, -0.15) is 0 Å². The van der Waals surface area contributed by atoms with Crippen molar-refractivity contribution < 1.29 is 9.47 Å². The van der Waals surface area contributed by atoms with Crippen LogP contribution in [0.25, 0.3) is 0 Å². The van der Waals surface area contributed by atoms with E-state index in [1.54, 1.807) is 0 Å². The molecule has 4 fully saturated rings. The van der Waals surface area contributed by atoms with Gasteiger partial charge in [-0.1, -0.05) is 26.7 Å². The molecule has 134 valence electrons. The average molecular weight is 324 g/mol. The van der Waals surface area contributed by atoms with Crippen molar-refractivity contribution in [2.75, 3.05) is 26.7 Å². The van der Waals surface area contributed by atoms with E-state index in [1.165, 1.54) is 64.2 Å². The van der Waals surface area contributed by atoms with Crippen LogP contribution in [-0.4, -0.2) is 37.1 Å². The third-order valence-corrected chi connectivity index (χ3v) is 6.46. The smallest absolute Gasteiger partial charge is 0.101 e. The van der Waals surface area contributed by atoms with Crippen LogP contribution in [-0.2, 0) is 9.47 Å². The van der Waals surface area contributed by atoms with Gasteiger partial charge in [0.15, 0.2) is 0 Å². The maximum Gasteiger partial charge on any atom is 0.101 e. The van der Waals surface area contributed by atoms with E-state index in [2.05, 4.69) is 18.7 Å². The summed E-state index contributed by atoms with van der Waals surface area (Å²) >= 11 is 0. The van der Waals surface area contributed by atoms with E-state index >= 15 is 0 Å². The molecular formula is C20H37NO2. The third kappa shape index (κ3) is 4.29. The normalized spacial score (nSPS) is 35.3. The molecule has 4 aliphatic rings. The molecule has 4 aliphatic carbocycles. The molecule has 4 rings (SSSR count). The average Bonchev–Trinajstić information content (AvgIpc) is 2.52. The van der Waals surface area contributed by atoms with Gasteiger partial charge in [0.05, 0.1) is 0 Å². The predicted molar refractivity (Wildman–Crippen MR) is 94.2 cm³/mol. The Kier molecular flexibility index (Phi) is 6.39. The summed E-state index contributed by atoms with van der Waals surface area (Å²) in [5.41, 5.74) is 0.396. The van der Waals surface area contributed by atoms with Crippen molar-refractivity contribution in [3.8, 4) is 0 Å². The van der Waals surface area contributed by atoms with Gasteiger partial charge in [0.1, 0.15) is 13.5 Å². The largest absolute Gasteiger partial charge is 0.366 e. The van der Waals surface area contributed by atoms with E-state index in [0.717, 1.165) is 44.4 Å².